The van der Waals surface area contributed by atoms with Crippen molar-refractivity contribution in [2.45, 2.75) is 57.5 Å². The van der Waals surface area contributed by atoms with E-state index in [-0.39, 0.29) is 30.7 Å². The third-order valence-corrected chi connectivity index (χ3v) is 9.80. The van der Waals surface area contributed by atoms with Crippen molar-refractivity contribution in [1.29, 1.82) is 0 Å². The average Bonchev–Trinajstić information content (AvgIpc) is 3.69. The lowest BCUT2D eigenvalue weighted by molar-refractivity contribution is -0.145. The molecule has 12 heteroatoms. The summed E-state index contributed by atoms with van der Waals surface area (Å²) in [5.41, 5.74) is 14.4. The Kier molecular flexibility index (Phi) is 12.7. The van der Waals surface area contributed by atoms with Crippen molar-refractivity contribution in [1.82, 2.24) is 20.2 Å². The number of fused-ring (bicyclic) bond motifs is 4. The first kappa shape index (κ1) is 38.4. The molecule has 1 aromatic heterocycles. The van der Waals surface area contributed by atoms with Crippen LogP contribution in [0.3, 0.4) is 0 Å². The number of nitrogens with two attached hydrogens (primary N) is 1. The molecule has 6 rings (SSSR count). The number of ether oxygens (including phenoxy) is 2. The molecule has 6 N–H and O–H groups in total. The number of nitrogen functional groups attached to an aromatic ring is 1. The summed E-state index contributed by atoms with van der Waals surface area (Å²) in [5.74, 6) is -0.940. The lowest BCUT2D eigenvalue weighted by atomic mass is 9.98. The highest BCUT2D eigenvalue weighted by Gasteiger charge is 2.30. The summed E-state index contributed by atoms with van der Waals surface area (Å²) >= 11 is 0. The summed E-state index contributed by atoms with van der Waals surface area (Å²) in [5, 5.41) is 8.97. The van der Waals surface area contributed by atoms with E-state index in [1.807, 2.05) is 60.7 Å². The van der Waals surface area contributed by atoms with Gasteiger partial charge in [-0.2, -0.15) is 0 Å². The maximum atomic E-state index is 13.0. The molecular formula is C43H48N6O6. The van der Waals surface area contributed by atoms with Crippen LogP contribution in [0, 0.1) is 0 Å². The zero-order valence-corrected chi connectivity index (χ0v) is 31.1. The third-order valence-electron chi connectivity index (χ3n) is 9.80. The zero-order chi connectivity index (χ0) is 38.7. The number of carbonyl (C=O) groups is 3. The van der Waals surface area contributed by atoms with E-state index in [1.54, 1.807) is 16.7 Å². The maximum Gasteiger partial charge on any atom is 0.407 e. The van der Waals surface area contributed by atoms with Crippen molar-refractivity contribution in [3.63, 3.8) is 0 Å². The molecular weight excluding hydrogens is 697 g/mol. The molecule has 286 valence electrons. The lowest BCUT2D eigenvalue weighted by Crippen LogP contribution is -2.42. The monoisotopic (exact) mass is 744 g/mol. The Morgan fingerprint density at radius 3 is 2.33 bits per heavy atom. The van der Waals surface area contributed by atoms with Gasteiger partial charge in [-0.15, -0.1) is 0 Å². The SMILES string of the molecule is C=CCOC(=O)[C@H](CCCCNC(=O)c1ccc(Cn2c(=O)[nH]c3c(N)cc(NCCCC)cc32)cc1)NC(=O)OCC1c2ccccc2-c2ccccc21. The number of amides is 2. The van der Waals surface area contributed by atoms with Gasteiger partial charge in [0.25, 0.3) is 5.91 Å². The second-order valence-corrected chi connectivity index (χ2v) is 13.6. The molecule has 1 aliphatic rings. The number of nitrogens with zero attached hydrogens (tertiary/aromatic N) is 1. The van der Waals surface area contributed by atoms with Crippen molar-refractivity contribution in [3.8, 4) is 11.1 Å². The smallest absolute Gasteiger partial charge is 0.407 e. The number of anilines is 2. The van der Waals surface area contributed by atoms with Gasteiger partial charge in [0.1, 0.15) is 19.3 Å². The molecule has 0 saturated heterocycles. The summed E-state index contributed by atoms with van der Waals surface area (Å²) < 4.78 is 12.5. The number of alkyl carbamates (subject to hydrolysis) is 1. The molecule has 0 fully saturated rings. The van der Waals surface area contributed by atoms with Crippen molar-refractivity contribution < 1.29 is 23.9 Å². The zero-order valence-electron chi connectivity index (χ0n) is 31.1. The summed E-state index contributed by atoms with van der Waals surface area (Å²) in [4.78, 5) is 54.4. The highest BCUT2D eigenvalue weighted by Crippen LogP contribution is 2.44. The standard InChI is InChI=1S/C43H48N6O6/c1-3-5-21-45-30-24-36(44)39-38(25-30)49(42(52)48-39)26-28-17-19-29(20-18-28)40(50)46-22-11-10-16-37(41(51)54-23-4-2)47-43(53)55-27-35-33-14-8-6-12-31(33)32-13-7-9-15-34(32)35/h4,6-9,12-15,17-20,24-25,35,37,45H,2-3,5,10-11,16,21-23,26-27,44H2,1H3,(H,46,50)(H,47,53)(H,48,52)/t37-/m0/s1. The van der Waals surface area contributed by atoms with Crippen LogP contribution >= 0.6 is 0 Å². The van der Waals surface area contributed by atoms with E-state index in [4.69, 9.17) is 15.2 Å². The van der Waals surface area contributed by atoms with Gasteiger partial charge < -0.3 is 36.1 Å². The topological polar surface area (TPSA) is 170 Å². The van der Waals surface area contributed by atoms with Gasteiger partial charge in [0.2, 0.25) is 0 Å². The second kappa shape index (κ2) is 18.2. The van der Waals surface area contributed by atoms with Crippen LogP contribution < -0.4 is 27.4 Å². The quantitative estimate of drug-likeness (QED) is 0.0286. The molecule has 4 aromatic carbocycles. The fraction of sp³-hybridized carbons (Fsp3) is 0.302. The largest absolute Gasteiger partial charge is 0.460 e. The van der Waals surface area contributed by atoms with E-state index >= 15 is 0 Å². The van der Waals surface area contributed by atoms with Gasteiger partial charge in [-0.1, -0.05) is 86.7 Å². The van der Waals surface area contributed by atoms with Crippen LogP contribution in [0.1, 0.15) is 72.0 Å². The Bertz CT molecular complexity index is 2160. The van der Waals surface area contributed by atoms with E-state index in [9.17, 15) is 19.2 Å². The van der Waals surface area contributed by atoms with E-state index in [0.29, 0.717) is 54.6 Å². The molecule has 1 atom stereocenters. The molecule has 55 heavy (non-hydrogen) atoms. The fourth-order valence-corrected chi connectivity index (χ4v) is 6.94. The first-order valence-electron chi connectivity index (χ1n) is 18.8. The van der Waals surface area contributed by atoms with Gasteiger partial charge in [-0.3, -0.25) is 9.36 Å². The Hall–Kier alpha value is -6.30. The van der Waals surface area contributed by atoms with Crippen LogP contribution in [0.2, 0.25) is 0 Å². The number of carbonyl (C=O) groups excluding carboxylic acids is 3. The summed E-state index contributed by atoms with van der Waals surface area (Å²) in [7, 11) is 0. The summed E-state index contributed by atoms with van der Waals surface area (Å²) in [6.45, 7) is 7.33. The Morgan fingerprint density at radius 2 is 1.64 bits per heavy atom. The first-order valence-corrected chi connectivity index (χ1v) is 18.8. The van der Waals surface area contributed by atoms with Gasteiger partial charge in [-0.25, -0.2) is 14.4 Å². The Balaban J connectivity index is 0.981. The number of imidazole rings is 1. The number of H-pyrrole nitrogens is 1. The first-order chi connectivity index (χ1) is 26.8. The summed E-state index contributed by atoms with van der Waals surface area (Å²) in [6, 6.07) is 26.0. The molecule has 0 bridgehead atoms. The van der Waals surface area contributed by atoms with Gasteiger partial charge in [0, 0.05) is 30.3 Å². The van der Waals surface area contributed by atoms with E-state index in [1.165, 1.54) is 6.08 Å². The highest BCUT2D eigenvalue weighted by atomic mass is 16.6. The van der Waals surface area contributed by atoms with Crippen molar-refractivity contribution >= 4 is 40.4 Å². The van der Waals surface area contributed by atoms with Crippen LogP contribution in [-0.4, -0.2) is 59.9 Å². The number of aromatic nitrogens is 2. The van der Waals surface area contributed by atoms with Crippen molar-refractivity contribution in [3.05, 3.63) is 130 Å². The van der Waals surface area contributed by atoms with Gasteiger partial charge in [-0.05, 0) is 77.8 Å². The average molecular weight is 745 g/mol. The lowest BCUT2D eigenvalue weighted by Gasteiger charge is -2.19. The summed E-state index contributed by atoms with van der Waals surface area (Å²) in [6.07, 6.45) is 4.22. The normalized spacial score (nSPS) is 12.4. The maximum absolute atomic E-state index is 13.0. The van der Waals surface area contributed by atoms with Gasteiger partial charge in [0.15, 0.2) is 0 Å². The highest BCUT2D eigenvalue weighted by molar-refractivity contribution is 5.94. The van der Waals surface area contributed by atoms with Crippen LogP contribution in [0.15, 0.2) is 102 Å². The number of esters is 1. The molecule has 1 heterocycles. The molecule has 0 aliphatic heterocycles. The predicted octanol–water partition coefficient (Wildman–Crippen LogP) is 6.71. The van der Waals surface area contributed by atoms with Crippen LogP contribution in [-0.2, 0) is 20.8 Å². The number of benzene rings is 4. The molecule has 0 saturated carbocycles. The van der Waals surface area contributed by atoms with Gasteiger partial charge in [0.05, 0.1) is 23.3 Å². The number of aromatic amines is 1. The van der Waals surface area contributed by atoms with Crippen molar-refractivity contribution in [2.24, 2.45) is 0 Å². The molecule has 0 radical (unpaired) electrons. The Morgan fingerprint density at radius 1 is 0.927 bits per heavy atom. The van der Waals surface area contributed by atoms with E-state index in [2.05, 4.69) is 46.6 Å². The van der Waals surface area contributed by atoms with Crippen molar-refractivity contribution in [2.75, 3.05) is 37.4 Å². The predicted molar refractivity (Wildman–Crippen MR) is 215 cm³/mol. The van der Waals surface area contributed by atoms with Crippen LogP contribution in [0.25, 0.3) is 22.2 Å². The molecule has 0 unspecified atom stereocenters. The number of rotatable bonds is 18. The fourth-order valence-electron chi connectivity index (χ4n) is 6.94. The number of hydrogen-bond donors (Lipinski definition) is 5. The minimum atomic E-state index is -0.927. The minimum Gasteiger partial charge on any atom is -0.460 e. The Labute approximate surface area is 320 Å². The second-order valence-electron chi connectivity index (χ2n) is 13.6. The molecule has 12 nitrogen and oxygen atoms in total. The minimum absolute atomic E-state index is 0.0151. The van der Waals surface area contributed by atoms with E-state index in [0.717, 1.165) is 52.9 Å². The molecule has 2 amide bonds. The molecule has 5 aromatic rings. The van der Waals surface area contributed by atoms with Crippen LogP contribution in [0.4, 0.5) is 16.2 Å². The molecule has 0 spiro atoms. The molecule has 1 aliphatic carbocycles. The van der Waals surface area contributed by atoms with E-state index < -0.39 is 18.1 Å². The number of unbranched alkanes of at least 4 members (excludes halogenated alkanes) is 2. The third kappa shape index (κ3) is 9.26. The number of hydrogen-bond acceptors (Lipinski definition) is 8. The van der Waals surface area contributed by atoms with Gasteiger partial charge >= 0.3 is 17.8 Å². The number of nitrogens with one attached hydrogen (secondary N) is 4. The van der Waals surface area contributed by atoms with Crippen LogP contribution in [0.5, 0.6) is 0 Å².